The predicted molar refractivity (Wildman–Crippen MR) is 72.3 cm³/mol. The molecule has 0 bridgehead atoms. The van der Waals surface area contributed by atoms with Crippen molar-refractivity contribution in [3.63, 3.8) is 0 Å². The Morgan fingerprint density at radius 3 is 2.83 bits per heavy atom. The van der Waals surface area contributed by atoms with E-state index in [9.17, 15) is 9.50 Å². The molecule has 1 heterocycles. The molecule has 2 nitrogen and oxygen atoms in total. The second kappa shape index (κ2) is 5.70. The second-order valence-electron chi connectivity index (χ2n) is 5.14. The van der Waals surface area contributed by atoms with E-state index in [0.717, 1.165) is 25.8 Å². The van der Waals surface area contributed by atoms with Gasteiger partial charge in [-0.2, -0.15) is 0 Å². The van der Waals surface area contributed by atoms with Crippen molar-refractivity contribution in [1.29, 1.82) is 0 Å². The Labute approximate surface area is 108 Å². The third kappa shape index (κ3) is 2.66. The molecule has 0 radical (unpaired) electrons. The van der Waals surface area contributed by atoms with Crippen LogP contribution in [0.2, 0.25) is 0 Å². The van der Waals surface area contributed by atoms with E-state index in [-0.39, 0.29) is 5.82 Å². The van der Waals surface area contributed by atoms with Gasteiger partial charge in [-0.15, -0.1) is 0 Å². The molecular formula is C15H22FNO. The van der Waals surface area contributed by atoms with E-state index >= 15 is 0 Å². The first-order chi connectivity index (χ1) is 8.63. The lowest BCUT2D eigenvalue weighted by atomic mass is 9.98. The number of nitrogens with zero attached hydrogens (tertiary/aromatic N) is 1. The van der Waals surface area contributed by atoms with Crippen LogP contribution in [0.3, 0.4) is 0 Å². The van der Waals surface area contributed by atoms with E-state index in [1.54, 1.807) is 6.92 Å². The van der Waals surface area contributed by atoms with Crippen molar-refractivity contribution in [3.05, 3.63) is 29.6 Å². The van der Waals surface area contributed by atoms with Crippen LogP contribution in [0.5, 0.6) is 0 Å². The summed E-state index contributed by atoms with van der Waals surface area (Å²) >= 11 is 0. The number of anilines is 1. The van der Waals surface area contributed by atoms with E-state index < -0.39 is 6.10 Å². The fourth-order valence-electron chi connectivity index (χ4n) is 2.76. The average molecular weight is 251 g/mol. The maximum Gasteiger partial charge on any atom is 0.146 e. The van der Waals surface area contributed by atoms with Crippen LogP contribution >= 0.6 is 0 Å². The number of halogens is 1. The molecule has 2 unspecified atom stereocenters. The van der Waals surface area contributed by atoms with Crippen LogP contribution < -0.4 is 4.90 Å². The molecule has 1 aliphatic rings. The van der Waals surface area contributed by atoms with Gasteiger partial charge in [0.2, 0.25) is 0 Å². The Morgan fingerprint density at radius 1 is 1.44 bits per heavy atom. The highest BCUT2D eigenvalue weighted by Crippen LogP contribution is 2.30. The lowest BCUT2D eigenvalue weighted by molar-refractivity contribution is 0.199. The van der Waals surface area contributed by atoms with E-state index in [0.29, 0.717) is 17.3 Å². The Hall–Kier alpha value is -1.09. The van der Waals surface area contributed by atoms with Gasteiger partial charge in [0.05, 0.1) is 11.8 Å². The second-order valence-corrected chi connectivity index (χ2v) is 5.14. The van der Waals surface area contributed by atoms with Gasteiger partial charge in [-0.05, 0) is 50.3 Å². The van der Waals surface area contributed by atoms with Crippen LogP contribution in [0, 0.1) is 5.82 Å². The highest BCUT2D eigenvalue weighted by molar-refractivity contribution is 5.50. The zero-order chi connectivity index (χ0) is 13.1. The summed E-state index contributed by atoms with van der Waals surface area (Å²) in [5, 5.41) is 9.47. The molecule has 2 rings (SSSR count). The lowest BCUT2D eigenvalue weighted by Crippen LogP contribution is -2.39. The molecule has 100 valence electrons. The zero-order valence-corrected chi connectivity index (χ0v) is 11.2. The van der Waals surface area contributed by atoms with Crippen LogP contribution in [-0.4, -0.2) is 17.7 Å². The van der Waals surface area contributed by atoms with Crippen molar-refractivity contribution in [2.24, 2.45) is 0 Å². The van der Waals surface area contributed by atoms with Gasteiger partial charge in [0.15, 0.2) is 0 Å². The van der Waals surface area contributed by atoms with Crippen molar-refractivity contribution >= 4 is 5.69 Å². The number of piperidine rings is 1. The Balaban J connectivity index is 2.26. The van der Waals surface area contributed by atoms with Gasteiger partial charge in [0.1, 0.15) is 5.82 Å². The van der Waals surface area contributed by atoms with Crippen LogP contribution in [0.4, 0.5) is 10.1 Å². The molecule has 0 amide bonds. The standard InChI is InChI=1S/C15H22FNO/c1-3-13-6-4-5-9-17(13)15-8-7-12(11(2)18)10-14(15)16/h7-8,10-11,13,18H,3-6,9H2,1-2H3. The number of aliphatic hydroxyl groups is 1. The fraction of sp³-hybridized carbons (Fsp3) is 0.600. The first kappa shape index (κ1) is 13.3. The molecule has 1 aliphatic heterocycles. The minimum atomic E-state index is -0.614. The molecule has 1 aromatic rings. The summed E-state index contributed by atoms with van der Waals surface area (Å²) in [5.74, 6) is -0.214. The van der Waals surface area contributed by atoms with E-state index in [2.05, 4.69) is 11.8 Å². The smallest absolute Gasteiger partial charge is 0.146 e. The van der Waals surface area contributed by atoms with E-state index in [1.165, 1.54) is 12.5 Å². The molecule has 0 spiro atoms. The van der Waals surface area contributed by atoms with Crippen molar-refractivity contribution < 1.29 is 9.50 Å². The van der Waals surface area contributed by atoms with Crippen molar-refractivity contribution in [3.8, 4) is 0 Å². The topological polar surface area (TPSA) is 23.5 Å². The number of benzene rings is 1. The molecule has 1 aromatic carbocycles. The Morgan fingerprint density at radius 2 is 2.22 bits per heavy atom. The van der Waals surface area contributed by atoms with Crippen molar-refractivity contribution in [2.45, 2.75) is 51.7 Å². The monoisotopic (exact) mass is 251 g/mol. The van der Waals surface area contributed by atoms with Gasteiger partial charge in [0, 0.05) is 12.6 Å². The highest BCUT2D eigenvalue weighted by Gasteiger charge is 2.23. The number of hydrogen-bond donors (Lipinski definition) is 1. The maximum atomic E-state index is 14.2. The van der Waals surface area contributed by atoms with Crippen LogP contribution in [0.15, 0.2) is 18.2 Å². The summed E-state index contributed by atoms with van der Waals surface area (Å²) in [5.41, 5.74) is 1.33. The number of hydrogen-bond acceptors (Lipinski definition) is 2. The normalized spacial score (nSPS) is 22.0. The summed E-state index contributed by atoms with van der Waals surface area (Å²) in [7, 11) is 0. The van der Waals surface area contributed by atoms with Crippen molar-refractivity contribution in [1.82, 2.24) is 0 Å². The quantitative estimate of drug-likeness (QED) is 0.886. The lowest BCUT2D eigenvalue weighted by Gasteiger charge is -2.37. The number of rotatable bonds is 3. The first-order valence-corrected chi connectivity index (χ1v) is 6.87. The summed E-state index contributed by atoms with van der Waals surface area (Å²) in [6.45, 7) is 4.75. The summed E-state index contributed by atoms with van der Waals surface area (Å²) in [4.78, 5) is 2.19. The molecule has 18 heavy (non-hydrogen) atoms. The van der Waals surface area contributed by atoms with Crippen LogP contribution in [0.25, 0.3) is 0 Å². The Kier molecular flexibility index (Phi) is 4.23. The van der Waals surface area contributed by atoms with E-state index in [4.69, 9.17) is 0 Å². The fourth-order valence-corrected chi connectivity index (χ4v) is 2.76. The highest BCUT2D eigenvalue weighted by atomic mass is 19.1. The Bertz CT molecular complexity index is 405. The van der Waals surface area contributed by atoms with Gasteiger partial charge < -0.3 is 10.0 Å². The number of aliphatic hydroxyl groups excluding tert-OH is 1. The first-order valence-electron chi connectivity index (χ1n) is 6.87. The SMILES string of the molecule is CCC1CCCCN1c1ccc(C(C)O)cc1F. The molecule has 3 heteroatoms. The van der Waals surface area contributed by atoms with E-state index in [1.807, 2.05) is 12.1 Å². The van der Waals surface area contributed by atoms with Gasteiger partial charge in [-0.1, -0.05) is 13.0 Å². The largest absolute Gasteiger partial charge is 0.389 e. The minimum Gasteiger partial charge on any atom is -0.389 e. The maximum absolute atomic E-state index is 14.2. The molecular weight excluding hydrogens is 229 g/mol. The molecule has 1 N–H and O–H groups in total. The molecule has 1 fully saturated rings. The molecule has 0 saturated carbocycles. The van der Waals surface area contributed by atoms with Crippen LogP contribution in [-0.2, 0) is 0 Å². The summed E-state index contributed by atoms with van der Waals surface area (Å²) < 4.78 is 14.2. The van der Waals surface area contributed by atoms with Gasteiger partial charge in [0.25, 0.3) is 0 Å². The third-order valence-electron chi connectivity index (χ3n) is 3.86. The molecule has 2 atom stereocenters. The zero-order valence-electron chi connectivity index (χ0n) is 11.2. The predicted octanol–water partition coefficient (Wildman–Crippen LogP) is 3.65. The van der Waals surface area contributed by atoms with Gasteiger partial charge in [-0.3, -0.25) is 0 Å². The molecule has 0 aliphatic carbocycles. The summed E-state index contributed by atoms with van der Waals surface area (Å²) in [6.07, 6.45) is 3.96. The third-order valence-corrected chi connectivity index (χ3v) is 3.86. The average Bonchev–Trinajstić information content (AvgIpc) is 2.38. The van der Waals surface area contributed by atoms with Crippen molar-refractivity contribution in [2.75, 3.05) is 11.4 Å². The van der Waals surface area contributed by atoms with Gasteiger partial charge >= 0.3 is 0 Å². The molecule has 1 saturated heterocycles. The minimum absolute atomic E-state index is 0.214. The van der Waals surface area contributed by atoms with Gasteiger partial charge in [-0.25, -0.2) is 4.39 Å². The summed E-state index contributed by atoms with van der Waals surface area (Å²) in [6, 6.07) is 5.54. The molecule has 0 aromatic heterocycles. The van der Waals surface area contributed by atoms with Crippen LogP contribution in [0.1, 0.15) is 51.2 Å².